The van der Waals surface area contributed by atoms with Crippen LogP contribution in [0.3, 0.4) is 0 Å². The molecule has 3 aromatic rings. The molecule has 0 spiro atoms. The van der Waals surface area contributed by atoms with E-state index in [0.29, 0.717) is 11.8 Å². The monoisotopic (exact) mass is 411 g/mol. The van der Waals surface area contributed by atoms with Gasteiger partial charge in [-0.2, -0.15) is 0 Å². The topological polar surface area (TPSA) is 64.6 Å². The summed E-state index contributed by atoms with van der Waals surface area (Å²) in [7, 11) is 1.56. The van der Waals surface area contributed by atoms with Gasteiger partial charge in [0.1, 0.15) is 17.4 Å². The maximum absolute atomic E-state index is 13.7. The third kappa shape index (κ3) is 5.20. The lowest BCUT2D eigenvalue weighted by Gasteiger charge is -2.20. The van der Waals surface area contributed by atoms with E-state index in [1.165, 1.54) is 0 Å². The Morgan fingerprint density at radius 2 is 1.60 bits per heavy atom. The fraction of sp³-hybridized carbons (Fsp3) is 0.130. The van der Waals surface area contributed by atoms with Gasteiger partial charge in [0.25, 0.3) is 5.91 Å². The molecule has 3 aromatic carbocycles. The van der Waals surface area contributed by atoms with Crippen molar-refractivity contribution in [2.75, 3.05) is 13.7 Å². The van der Waals surface area contributed by atoms with Gasteiger partial charge < -0.3 is 14.8 Å². The Bertz CT molecular complexity index is 1020. The van der Waals surface area contributed by atoms with Crippen LogP contribution in [0.4, 0.5) is 8.78 Å². The van der Waals surface area contributed by atoms with Gasteiger partial charge in [-0.15, -0.1) is 0 Å². The van der Waals surface area contributed by atoms with Crippen molar-refractivity contribution in [3.63, 3.8) is 0 Å². The van der Waals surface area contributed by atoms with Crippen molar-refractivity contribution < 1.29 is 27.8 Å². The molecule has 5 nitrogen and oxygen atoms in total. The van der Waals surface area contributed by atoms with Crippen LogP contribution in [0.2, 0.25) is 0 Å². The molecule has 0 aliphatic rings. The first kappa shape index (κ1) is 21.0. The van der Waals surface area contributed by atoms with E-state index in [1.54, 1.807) is 19.2 Å². The van der Waals surface area contributed by atoms with E-state index in [0.717, 1.165) is 23.3 Å². The molecule has 0 fully saturated rings. The van der Waals surface area contributed by atoms with Crippen molar-refractivity contribution in [1.29, 1.82) is 0 Å². The quantitative estimate of drug-likeness (QED) is 0.596. The molecule has 0 unspecified atom stereocenters. The van der Waals surface area contributed by atoms with Gasteiger partial charge in [0.15, 0.2) is 6.61 Å². The van der Waals surface area contributed by atoms with Crippen LogP contribution in [0.1, 0.15) is 27.5 Å². The highest BCUT2D eigenvalue weighted by molar-refractivity contribution is 5.91. The second kappa shape index (κ2) is 9.65. The standard InChI is InChI=1S/C23H19F2NO4/c1-29-18-10-7-16(8-11-18)22(15-5-3-2-4-6-15)26-21(27)14-30-23(28)19-12-9-17(24)13-20(19)25/h2-13,22H,14H2,1H3,(H,26,27)/t22-/m1/s1. The molecular formula is C23H19F2NO4. The highest BCUT2D eigenvalue weighted by atomic mass is 19.1. The number of hydrogen-bond acceptors (Lipinski definition) is 4. The van der Waals surface area contributed by atoms with Gasteiger partial charge in [-0.05, 0) is 35.4 Å². The minimum atomic E-state index is -1.05. The molecule has 0 heterocycles. The summed E-state index contributed by atoms with van der Waals surface area (Å²) in [5, 5.41) is 2.81. The zero-order valence-corrected chi connectivity index (χ0v) is 16.1. The third-order valence-corrected chi connectivity index (χ3v) is 4.37. The summed E-state index contributed by atoms with van der Waals surface area (Å²) in [6.07, 6.45) is 0. The highest BCUT2D eigenvalue weighted by Crippen LogP contribution is 2.24. The molecule has 0 aromatic heterocycles. The number of methoxy groups -OCH3 is 1. The van der Waals surface area contributed by atoms with E-state index in [4.69, 9.17) is 9.47 Å². The SMILES string of the molecule is COc1ccc([C@H](NC(=O)COC(=O)c2ccc(F)cc2F)c2ccccc2)cc1. The predicted octanol–water partition coefficient (Wildman–Crippen LogP) is 4.04. The average molecular weight is 411 g/mol. The van der Waals surface area contributed by atoms with E-state index < -0.39 is 41.7 Å². The Morgan fingerprint density at radius 1 is 0.933 bits per heavy atom. The summed E-state index contributed by atoms with van der Waals surface area (Å²) in [6.45, 7) is -0.616. The average Bonchev–Trinajstić information content (AvgIpc) is 2.76. The van der Waals surface area contributed by atoms with E-state index in [9.17, 15) is 18.4 Å². The van der Waals surface area contributed by atoms with Crippen LogP contribution in [-0.2, 0) is 9.53 Å². The Kier molecular flexibility index (Phi) is 6.75. The predicted molar refractivity (Wildman–Crippen MR) is 106 cm³/mol. The molecule has 0 aliphatic carbocycles. The maximum atomic E-state index is 13.7. The Morgan fingerprint density at radius 3 is 2.23 bits per heavy atom. The lowest BCUT2D eigenvalue weighted by Crippen LogP contribution is -2.33. The van der Waals surface area contributed by atoms with Crippen molar-refractivity contribution in [2.45, 2.75) is 6.04 Å². The smallest absolute Gasteiger partial charge is 0.341 e. The number of rotatable bonds is 7. The van der Waals surface area contributed by atoms with E-state index in [1.807, 2.05) is 42.5 Å². The van der Waals surface area contributed by atoms with Crippen LogP contribution in [0.15, 0.2) is 72.8 Å². The summed E-state index contributed by atoms with van der Waals surface area (Å²) < 4.78 is 36.7. The fourth-order valence-electron chi connectivity index (χ4n) is 2.87. The number of esters is 1. The van der Waals surface area contributed by atoms with Gasteiger partial charge in [0, 0.05) is 6.07 Å². The molecule has 0 bridgehead atoms. The summed E-state index contributed by atoms with van der Waals surface area (Å²) in [4.78, 5) is 24.4. The van der Waals surface area contributed by atoms with Crippen LogP contribution in [0.5, 0.6) is 5.75 Å². The minimum absolute atomic E-state index is 0.445. The second-order valence-electron chi connectivity index (χ2n) is 6.38. The van der Waals surface area contributed by atoms with Gasteiger partial charge >= 0.3 is 5.97 Å². The van der Waals surface area contributed by atoms with Gasteiger partial charge in [0.2, 0.25) is 0 Å². The normalized spacial score (nSPS) is 11.4. The maximum Gasteiger partial charge on any atom is 0.341 e. The first-order chi connectivity index (χ1) is 14.5. The molecule has 7 heteroatoms. The summed E-state index contributed by atoms with van der Waals surface area (Å²) >= 11 is 0. The van der Waals surface area contributed by atoms with E-state index in [2.05, 4.69) is 5.32 Å². The van der Waals surface area contributed by atoms with Crippen molar-refractivity contribution in [1.82, 2.24) is 5.32 Å². The van der Waals surface area contributed by atoms with E-state index >= 15 is 0 Å². The van der Waals surface area contributed by atoms with Gasteiger partial charge in [0.05, 0.1) is 18.7 Å². The molecule has 0 aliphatic heterocycles. The first-order valence-electron chi connectivity index (χ1n) is 9.08. The summed E-state index contributed by atoms with van der Waals surface area (Å²) in [5.74, 6) is -2.82. The number of benzene rings is 3. The Hall–Kier alpha value is -3.74. The van der Waals surface area contributed by atoms with Gasteiger partial charge in [-0.3, -0.25) is 4.79 Å². The Labute approximate surface area is 172 Å². The van der Waals surface area contributed by atoms with Crippen molar-refractivity contribution >= 4 is 11.9 Å². The molecule has 3 rings (SSSR count). The summed E-state index contributed by atoms with van der Waals surface area (Å²) in [6, 6.07) is 18.4. The van der Waals surface area contributed by atoms with Gasteiger partial charge in [-0.25, -0.2) is 13.6 Å². The lowest BCUT2D eigenvalue weighted by atomic mass is 9.98. The summed E-state index contributed by atoms with van der Waals surface area (Å²) in [5.41, 5.74) is 1.18. The molecule has 1 N–H and O–H groups in total. The zero-order chi connectivity index (χ0) is 21.5. The van der Waals surface area contributed by atoms with Crippen molar-refractivity contribution in [2.24, 2.45) is 0 Å². The van der Waals surface area contributed by atoms with Crippen molar-refractivity contribution in [3.8, 4) is 5.75 Å². The molecular weight excluding hydrogens is 392 g/mol. The van der Waals surface area contributed by atoms with Gasteiger partial charge in [-0.1, -0.05) is 42.5 Å². The van der Waals surface area contributed by atoms with Crippen LogP contribution >= 0.6 is 0 Å². The third-order valence-electron chi connectivity index (χ3n) is 4.37. The Balaban J connectivity index is 1.70. The number of carbonyl (C=O) groups excluding carboxylic acids is 2. The number of halogens is 2. The minimum Gasteiger partial charge on any atom is -0.497 e. The molecule has 0 radical (unpaired) electrons. The zero-order valence-electron chi connectivity index (χ0n) is 16.1. The molecule has 30 heavy (non-hydrogen) atoms. The van der Waals surface area contributed by atoms with Crippen molar-refractivity contribution in [3.05, 3.63) is 101 Å². The molecule has 0 saturated carbocycles. The number of carbonyl (C=O) groups is 2. The highest BCUT2D eigenvalue weighted by Gasteiger charge is 2.19. The number of ether oxygens (including phenoxy) is 2. The fourth-order valence-corrected chi connectivity index (χ4v) is 2.87. The van der Waals surface area contributed by atoms with E-state index in [-0.39, 0.29) is 0 Å². The molecule has 0 saturated heterocycles. The van der Waals surface area contributed by atoms with Crippen LogP contribution in [-0.4, -0.2) is 25.6 Å². The molecule has 1 amide bonds. The molecule has 154 valence electrons. The second-order valence-corrected chi connectivity index (χ2v) is 6.38. The van der Waals surface area contributed by atoms with Crippen LogP contribution in [0.25, 0.3) is 0 Å². The largest absolute Gasteiger partial charge is 0.497 e. The first-order valence-corrected chi connectivity index (χ1v) is 9.08. The van der Waals surface area contributed by atoms with Crippen LogP contribution < -0.4 is 10.1 Å². The number of amides is 1. The number of nitrogens with one attached hydrogen (secondary N) is 1. The lowest BCUT2D eigenvalue weighted by molar-refractivity contribution is -0.124. The molecule has 1 atom stereocenters. The van der Waals surface area contributed by atoms with Crippen LogP contribution in [0, 0.1) is 11.6 Å². The number of hydrogen-bond donors (Lipinski definition) is 1.